The fourth-order valence-electron chi connectivity index (χ4n) is 3.68. The summed E-state index contributed by atoms with van der Waals surface area (Å²) in [6.07, 6.45) is 0.496. The van der Waals surface area contributed by atoms with Crippen LogP contribution in [0.4, 0.5) is 5.69 Å². The first-order valence-electron chi connectivity index (χ1n) is 8.79. The zero-order valence-electron chi connectivity index (χ0n) is 14.9. The molecule has 1 aromatic heterocycles. The molecule has 1 unspecified atom stereocenters. The van der Waals surface area contributed by atoms with Crippen LogP contribution in [0.5, 0.6) is 5.75 Å². The number of aromatic nitrogens is 2. The van der Waals surface area contributed by atoms with E-state index in [0.29, 0.717) is 29.5 Å². The number of H-pyrrole nitrogens is 2. The fraction of sp³-hybridized carbons (Fsp3) is 0.211. The van der Waals surface area contributed by atoms with Crippen LogP contribution in [0.2, 0.25) is 0 Å². The van der Waals surface area contributed by atoms with Crippen molar-refractivity contribution in [1.29, 1.82) is 0 Å². The highest BCUT2D eigenvalue weighted by Crippen LogP contribution is 2.35. The molecule has 10 heteroatoms. The molecule has 10 nitrogen and oxygen atoms in total. The third kappa shape index (κ3) is 3.24. The molecule has 3 N–H and O–H groups in total. The third-order valence-corrected chi connectivity index (χ3v) is 4.97. The lowest BCUT2D eigenvalue weighted by Crippen LogP contribution is -2.31. The molecule has 0 fully saturated rings. The number of aromatic carboxylic acids is 1. The molecule has 1 atom stereocenters. The molecule has 0 saturated heterocycles. The van der Waals surface area contributed by atoms with Crippen molar-refractivity contribution in [3.63, 3.8) is 0 Å². The highest BCUT2D eigenvalue weighted by Gasteiger charge is 2.30. The number of para-hydroxylation sites is 1. The van der Waals surface area contributed by atoms with E-state index in [1.54, 1.807) is 18.2 Å². The third-order valence-electron chi connectivity index (χ3n) is 4.97. The summed E-state index contributed by atoms with van der Waals surface area (Å²) in [5.41, 5.74) is -0.428. The van der Waals surface area contributed by atoms with Gasteiger partial charge in [-0.05, 0) is 30.5 Å². The van der Waals surface area contributed by atoms with E-state index in [1.807, 2.05) is 0 Å². The maximum atomic E-state index is 11.8. The molecule has 1 aliphatic rings. The normalized spacial score (nSPS) is 15.7. The minimum absolute atomic E-state index is 0.0138. The Morgan fingerprint density at radius 3 is 2.62 bits per heavy atom. The van der Waals surface area contributed by atoms with E-state index in [9.17, 15) is 29.6 Å². The number of ether oxygens (including phenoxy) is 1. The van der Waals surface area contributed by atoms with E-state index < -0.39 is 28.1 Å². The zero-order chi connectivity index (χ0) is 20.7. The van der Waals surface area contributed by atoms with Crippen LogP contribution in [0, 0.1) is 10.1 Å². The molecule has 0 amide bonds. The van der Waals surface area contributed by atoms with E-state index in [4.69, 9.17) is 4.74 Å². The van der Waals surface area contributed by atoms with E-state index in [0.717, 1.165) is 0 Å². The number of hydrogen-bond acceptors (Lipinski definition) is 6. The molecule has 2 aromatic carbocycles. The first-order chi connectivity index (χ1) is 13.8. The number of carbonyl (C=O) groups is 1. The Bertz CT molecular complexity index is 1280. The average Bonchev–Trinajstić information content (AvgIpc) is 2.68. The molecule has 0 spiro atoms. The topological polar surface area (TPSA) is 155 Å². The zero-order valence-corrected chi connectivity index (χ0v) is 14.9. The van der Waals surface area contributed by atoms with Gasteiger partial charge < -0.3 is 19.8 Å². The van der Waals surface area contributed by atoms with Crippen molar-refractivity contribution in [2.45, 2.75) is 25.4 Å². The van der Waals surface area contributed by atoms with E-state index >= 15 is 0 Å². The molecule has 1 aliphatic carbocycles. The molecule has 0 aliphatic heterocycles. The number of nitrogens with zero attached hydrogens (tertiary/aromatic N) is 1. The number of nitro benzene ring substituents is 1. The molecule has 0 saturated carbocycles. The molecule has 3 aromatic rings. The van der Waals surface area contributed by atoms with Crippen LogP contribution >= 0.6 is 0 Å². The second kappa shape index (κ2) is 6.89. The Morgan fingerprint density at radius 1 is 1.17 bits per heavy atom. The number of nitro groups is 1. The molecule has 4 rings (SSSR count). The summed E-state index contributed by atoms with van der Waals surface area (Å²) >= 11 is 0. The SMILES string of the molecule is O=C(O)c1ccccc1OC1CCc2c([N+](=O)[O-])cc3[nH]c(=O)c(=O)[nH]c3c2C1. The van der Waals surface area contributed by atoms with Crippen molar-refractivity contribution in [2.75, 3.05) is 0 Å². The van der Waals surface area contributed by atoms with Crippen LogP contribution in [-0.4, -0.2) is 32.1 Å². The fourth-order valence-corrected chi connectivity index (χ4v) is 3.68. The Hall–Kier alpha value is -3.95. The quantitative estimate of drug-likeness (QED) is 0.344. The van der Waals surface area contributed by atoms with Gasteiger partial charge in [0.05, 0.1) is 16.0 Å². The number of benzene rings is 2. The number of carboxylic acid groups (broad SMARTS) is 1. The van der Waals surface area contributed by atoms with E-state index in [-0.39, 0.29) is 28.9 Å². The van der Waals surface area contributed by atoms with Crippen molar-refractivity contribution in [2.24, 2.45) is 0 Å². The Labute approximate surface area is 161 Å². The maximum absolute atomic E-state index is 11.8. The number of hydrogen-bond donors (Lipinski definition) is 3. The molecule has 29 heavy (non-hydrogen) atoms. The van der Waals surface area contributed by atoms with Gasteiger partial charge in [-0.15, -0.1) is 0 Å². The lowest BCUT2D eigenvalue weighted by atomic mass is 9.87. The van der Waals surface area contributed by atoms with E-state index in [2.05, 4.69) is 9.97 Å². The maximum Gasteiger partial charge on any atom is 0.339 e. The van der Waals surface area contributed by atoms with Crippen LogP contribution < -0.4 is 15.9 Å². The smallest absolute Gasteiger partial charge is 0.339 e. The number of fused-ring (bicyclic) bond motifs is 3. The van der Waals surface area contributed by atoms with Gasteiger partial charge in [0, 0.05) is 18.1 Å². The first kappa shape index (κ1) is 18.4. The van der Waals surface area contributed by atoms with Crippen molar-refractivity contribution in [3.05, 3.63) is 77.8 Å². The first-order valence-corrected chi connectivity index (χ1v) is 8.79. The molecule has 0 bridgehead atoms. The second-order valence-corrected chi connectivity index (χ2v) is 6.72. The summed E-state index contributed by atoms with van der Waals surface area (Å²) < 4.78 is 5.89. The minimum Gasteiger partial charge on any atom is -0.489 e. The number of aromatic amines is 2. The number of carboxylic acids is 1. The molecule has 148 valence electrons. The number of nitrogens with one attached hydrogen (secondary N) is 2. The van der Waals surface area contributed by atoms with Crippen molar-refractivity contribution >= 4 is 22.7 Å². The largest absolute Gasteiger partial charge is 0.489 e. The van der Waals surface area contributed by atoms with Crippen LogP contribution in [0.1, 0.15) is 27.9 Å². The van der Waals surface area contributed by atoms with Gasteiger partial charge in [-0.3, -0.25) is 19.7 Å². The van der Waals surface area contributed by atoms with Crippen LogP contribution in [0.3, 0.4) is 0 Å². The molecular formula is C19H15N3O7. The second-order valence-electron chi connectivity index (χ2n) is 6.72. The molecule has 1 heterocycles. The molecule has 0 radical (unpaired) electrons. The van der Waals surface area contributed by atoms with Gasteiger partial charge in [0.25, 0.3) is 5.69 Å². The van der Waals surface area contributed by atoms with Crippen molar-refractivity contribution in [3.8, 4) is 5.75 Å². The minimum atomic E-state index is -1.13. The summed E-state index contributed by atoms with van der Waals surface area (Å²) in [5, 5.41) is 20.8. The van der Waals surface area contributed by atoms with Gasteiger partial charge >= 0.3 is 17.1 Å². The van der Waals surface area contributed by atoms with Gasteiger partial charge in [-0.25, -0.2) is 4.79 Å². The van der Waals surface area contributed by atoms with Crippen molar-refractivity contribution < 1.29 is 19.6 Å². The van der Waals surface area contributed by atoms with Crippen molar-refractivity contribution in [1.82, 2.24) is 9.97 Å². The predicted molar refractivity (Wildman–Crippen MR) is 102 cm³/mol. The lowest BCUT2D eigenvalue weighted by molar-refractivity contribution is -0.385. The Kier molecular flexibility index (Phi) is 4.38. The summed E-state index contributed by atoms with van der Waals surface area (Å²) in [4.78, 5) is 50.7. The highest BCUT2D eigenvalue weighted by molar-refractivity contribution is 5.90. The number of rotatable bonds is 4. The summed E-state index contributed by atoms with van der Waals surface area (Å²) in [5.74, 6) is -0.926. The Morgan fingerprint density at radius 2 is 1.90 bits per heavy atom. The monoisotopic (exact) mass is 397 g/mol. The van der Waals surface area contributed by atoms with Gasteiger partial charge in [-0.2, -0.15) is 0 Å². The highest BCUT2D eigenvalue weighted by atomic mass is 16.6. The summed E-state index contributed by atoms with van der Waals surface area (Å²) in [6, 6.07) is 7.46. The lowest BCUT2D eigenvalue weighted by Gasteiger charge is -2.26. The van der Waals surface area contributed by atoms with Gasteiger partial charge in [0.2, 0.25) is 0 Å². The van der Waals surface area contributed by atoms with Gasteiger partial charge in [0.15, 0.2) is 0 Å². The van der Waals surface area contributed by atoms with E-state index in [1.165, 1.54) is 12.1 Å². The van der Waals surface area contributed by atoms with Gasteiger partial charge in [0.1, 0.15) is 17.4 Å². The van der Waals surface area contributed by atoms with Crippen LogP contribution in [0.15, 0.2) is 39.9 Å². The Balaban J connectivity index is 1.80. The summed E-state index contributed by atoms with van der Waals surface area (Å²) in [7, 11) is 0. The van der Waals surface area contributed by atoms with Crippen LogP contribution in [-0.2, 0) is 12.8 Å². The molecular weight excluding hydrogens is 382 g/mol. The summed E-state index contributed by atoms with van der Waals surface area (Å²) in [6.45, 7) is 0. The predicted octanol–water partition coefficient (Wildman–Crippen LogP) is 1.76. The van der Waals surface area contributed by atoms with Crippen LogP contribution in [0.25, 0.3) is 11.0 Å². The average molecular weight is 397 g/mol. The standard InChI is InChI=1S/C19H15N3O7/c23-17-18(24)21-16-12-7-9(29-15-4-2-1-3-11(15)19(25)26)5-6-10(12)14(22(27)28)8-13(16)20-17/h1-4,8-9H,5-7H2,(H,20,23)(H,21,24)(H,25,26). The van der Waals surface area contributed by atoms with Gasteiger partial charge in [-0.1, -0.05) is 12.1 Å².